The number of hydrogen-bond donors (Lipinski definition) is 1. The van der Waals surface area contributed by atoms with Gasteiger partial charge in [0.25, 0.3) is 0 Å². The largest absolute Gasteiger partial charge is 0.456 e. The molecule has 5 nitrogen and oxygen atoms in total. The molecule has 1 unspecified atom stereocenters. The summed E-state index contributed by atoms with van der Waals surface area (Å²) < 4.78 is 12.1. The number of nitrogens with two attached hydrogens (primary N) is 1. The van der Waals surface area contributed by atoms with Crippen LogP contribution in [0, 0.1) is 0 Å². The molecule has 0 saturated carbocycles. The number of amidine groups is 1. The smallest absolute Gasteiger partial charge is 0.155 e. The number of para-hydroxylation sites is 1. The van der Waals surface area contributed by atoms with E-state index in [1.807, 2.05) is 12.1 Å². The van der Waals surface area contributed by atoms with Gasteiger partial charge in [0.1, 0.15) is 17.0 Å². The molecule has 0 amide bonds. The number of rotatable bonds is 1. The first-order valence-electron chi connectivity index (χ1n) is 9.02. The third-order valence-corrected chi connectivity index (χ3v) is 6.86. The van der Waals surface area contributed by atoms with Crippen molar-refractivity contribution in [1.29, 1.82) is 0 Å². The van der Waals surface area contributed by atoms with Crippen LogP contribution in [0.15, 0.2) is 47.5 Å². The Morgan fingerprint density at radius 2 is 2.04 bits per heavy atom. The highest BCUT2D eigenvalue weighted by Gasteiger charge is 2.49. The zero-order chi connectivity index (χ0) is 17.3. The Balaban J connectivity index is 1.60. The topological polar surface area (TPSA) is 60.1 Å². The van der Waals surface area contributed by atoms with Gasteiger partial charge in [-0.2, -0.15) is 0 Å². The van der Waals surface area contributed by atoms with E-state index in [-0.39, 0.29) is 0 Å². The van der Waals surface area contributed by atoms with E-state index in [1.165, 1.54) is 5.69 Å². The first-order chi connectivity index (χ1) is 12.7. The van der Waals surface area contributed by atoms with Crippen molar-refractivity contribution in [2.75, 3.05) is 23.8 Å². The highest BCUT2D eigenvalue weighted by Crippen LogP contribution is 2.56. The molecule has 2 aromatic rings. The Bertz CT molecular complexity index is 946. The third-order valence-electron chi connectivity index (χ3n) is 5.91. The number of morpholine rings is 1. The van der Waals surface area contributed by atoms with Gasteiger partial charge in [0.05, 0.1) is 24.3 Å². The Morgan fingerprint density at radius 1 is 1.15 bits per heavy atom. The van der Waals surface area contributed by atoms with Crippen molar-refractivity contribution in [3.8, 4) is 11.5 Å². The van der Waals surface area contributed by atoms with Crippen molar-refractivity contribution in [1.82, 2.24) is 0 Å². The number of thioether (sulfide) groups is 1. The lowest BCUT2D eigenvalue weighted by Crippen LogP contribution is -2.40. The van der Waals surface area contributed by atoms with Crippen LogP contribution >= 0.6 is 11.8 Å². The van der Waals surface area contributed by atoms with Crippen LogP contribution in [0.3, 0.4) is 0 Å². The van der Waals surface area contributed by atoms with Gasteiger partial charge in [0, 0.05) is 23.5 Å². The summed E-state index contributed by atoms with van der Waals surface area (Å²) in [6.07, 6.45) is 1.45. The minimum Gasteiger partial charge on any atom is -0.456 e. The van der Waals surface area contributed by atoms with E-state index in [2.05, 4.69) is 35.2 Å². The van der Waals surface area contributed by atoms with Crippen molar-refractivity contribution < 1.29 is 9.47 Å². The molecule has 2 bridgehead atoms. The van der Waals surface area contributed by atoms with Crippen LogP contribution in [0.5, 0.6) is 11.5 Å². The molecule has 2 saturated heterocycles. The molecule has 6 rings (SSSR count). The second-order valence-electron chi connectivity index (χ2n) is 7.34. The van der Waals surface area contributed by atoms with Gasteiger partial charge >= 0.3 is 0 Å². The number of anilines is 1. The molecule has 3 atom stereocenters. The monoisotopic (exact) mass is 365 g/mol. The maximum absolute atomic E-state index is 6.30. The maximum Gasteiger partial charge on any atom is 0.155 e. The van der Waals surface area contributed by atoms with Crippen LogP contribution in [0.2, 0.25) is 0 Å². The lowest BCUT2D eigenvalue weighted by molar-refractivity contribution is 0.0990. The molecule has 0 radical (unpaired) electrons. The summed E-state index contributed by atoms with van der Waals surface area (Å²) in [6.45, 7) is 1.74. The summed E-state index contributed by atoms with van der Waals surface area (Å²) in [6, 6.07) is 15.0. The van der Waals surface area contributed by atoms with Gasteiger partial charge in [0.15, 0.2) is 5.17 Å². The fourth-order valence-electron chi connectivity index (χ4n) is 4.80. The zero-order valence-electron chi connectivity index (χ0n) is 14.2. The van der Waals surface area contributed by atoms with Gasteiger partial charge in [0.2, 0.25) is 0 Å². The zero-order valence-corrected chi connectivity index (χ0v) is 15.0. The predicted octanol–water partition coefficient (Wildman–Crippen LogP) is 3.07. The molecule has 4 aliphatic heterocycles. The highest BCUT2D eigenvalue weighted by molar-refractivity contribution is 8.14. The molecule has 2 fully saturated rings. The van der Waals surface area contributed by atoms with Crippen LogP contribution in [-0.2, 0) is 10.3 Å². The van der Waals surface area contributed by atoms with E-state index in [4.69, 9.17) is 20.2 Å². The van der Waals surface area contributed by atoms with E-state index in [0.717, 1.165) is 48.0 Å². The lowest BCUT2D eigenvalue weighted by Gasteiger charge is -2.39. The van der Waals surface area contributed by atoms with E-state index in [9.17, 15) is 0 Å². The number of aliphatic imine (C=N–C) groups is 1. The van der Waals surface area contributed by atoms with Gasteiger partial charge in [-0.25, -0.2) is 4.99 Å². The molecule has 6 heteroatoms. The SMILES string of the molecule is NC1=NC2(CS1)c1ccccc1Oc1cccc(N3C[C@@H]4C[C@H]3CO4)c12. The fourth-order valence-corrected chi connectivity index (χ4v) is 5.74. The Morgan fingerprint density at radius 3 is 2.81 bits per heavy atom. The van der Waals surface area contributed by atoms with Crippen LogP contribution in [0.25, 0.3) is 0 Å². The number of benzene rings is 2. The van der Waals surface area contributed by atoms with Crippen LogP contribution < -0.4 is 15.4 Å². The van der Waals surface area contributed by atoms with Crippen LogP contribution in [-0.4, -0.2) is 36.2 Å². The summed E-state index contributed by atoms with van der Waals surface area (Å²) >= 11 is 1.63. The van der Waals surface area contributed by atoms with Crippen molar-refractivity contribution in [2.45, 2.75) is 24.1 Å². The standard InChI is InChI=1S/C20H19N3O2S/c21-19-22-20(11-26-19)14-4-1-2-6-16(14)25-17-7-3-5-15(18(17)20)23-9-13-8-12(23)10-24-13/h1-7,12-13H,8-11H2,(H2,21,22)/t12-,13-,20?/m0/s1. The van der Waals surface area contributed by atoms with Crippen molar-refractivity contribution in [3.63, 3.8) is 0 Å². The van der Waals surface area contributed by atoms with E-state index in [0.29, 0.717) is 17.3 Å². The lowest BCUT2D eigenvalue weighted by atomic mass is 9.80. The molecule has 132 valence electrons. The van der Waals surface area contributed by atoms with Gasteiger partial charge in [-0.05, 0) is 24.6 Å². The molecule has 0 aromatic heterocycles. The molecule has 0 aliphatic carbocycles. The van der Waals surface area contributed by atoms with Gasteiger partial charge in [-0.3, -0.25) is 0 Å². The van der Waals surface area contributed by atoms with E-state index < -0.39 is 5.54 Å². The molecule has 4 aliphatic rings. The summed E-state index contributed by atoms with van der Waals surface area (Å²) in [5, 5.41) is 0.647. The third kappa shape index (κ3) is 1.89. The molecule has 2 aromatic carbocycles. The fraction of sp³-hybridized carbons (Fsp3) is 0.350. The van der Waals surface area contributed by atoms with E-state index in [1.54, 1.807) is 11.8 Å². The van der Waals surface area contributed by atoms with Crippen molar-refractivity contribution in [2.24, 2.45) is 10.7 Å². The molecular weight excluding hydrogens is 346 g/mol. The molecular formula is C20H19N3O2S. The molecule has 4 heterocycles. The Hall–Kier alpha value is -2.18. The quantitative estimate of drug-likeness (QED) is 0.842. The Kier molecular flexibility index (Phi) is 2.97. The minimum atomic E-state index is -0.474. The molecule has 2 N–H and O–H groups in total. The Labute approximate surface area is 156 Å². The normalized spacial score (nSPS) is 30.9. The highest BCUT2D eigenvalue weighted by atomic mass is 32.2. The number of nitrogens with zero attached hydrogens (tertiary/aromatic N) is 2. The van der Waals surface area contributed by atoms with Gasteiger partial charge in [-0.1, -0.05) is 36.0 Å². The number of fused-ring (bicyclic) bond motifs is 6. The summed E-state index contributed by atoms with van der Waals surface area (Å²) in [5.41, 5.74) is 9.15. The predicted molar refractivity (Wildman–Crippen MR) is 103 cm³/mol. The van der Waals surface area contributed by atoms with Crippen molar-refractivity contribution in [3.05, 3.63) is 53.6 Å². The van der Waals surface area contributed by atoms with Crippen LogP contribution in [0.4, 0.5) is 5.69 Å². The van der Waals surface area contributed by atoms with Gasteiger partial charge in [-0.15, -0.1) is 0 Å². The van der Waals surface area contributed by atoms with E-state index >= 15 is 0 Å². The number of ether oxygens (including phenoxy) is 2. The second kappa shape index (κ2) is 5.18. The summed E-state index contributed by atoms with van der Waals surface area (Å²) in [5.74, 6) is 2.58. The molecule has 26 heavy (non-hydrogen) atoms. The average Bonchev–Trinajstić information content (AvgIpc) is 3.38. The first kappa shape index (κ1) is 14.9. The summed E-state index contributed by atoms with van der Waals surface area (Å²) in [7, 11) is 0. The van der Waals surface area contributed by atoms with Crippen LogP contribution in [0.1, 0.15) is 17.5 Å². The average molecular weight is 365 g/mol. The van der Waals surface area contributed by atoms with Gasteiger partial charge < -0.3 is 20.1 Å². The van der Waals surface area contributed by atoms with Crippen molar-refractivity contribution >= 4 is 22.6 Å². The first-order valence-corrected chi connectivity index (χ1v) is 10.0. The number of hydrogen-bond acceptors (Lipinski definition) is 6. The molecule has 1 spiro atoms. The summed E-state index contributed by atoms with van der Waals surface area (Å²) in [4.78, 5) is 7.46. The minimum absolute atomic E-state index is 0.343. The maximum atomic E-state index is 6.30. The second-order valence-corrected chi connectivity index (χ2v) is 8.34.